The third-order valence-electron chi connectivity index (χ3n) is 4.60. The Labute approximate surface area is 148 Å². The van der Waals surface area contributed by atoms with E-state index in [4.69, 9.17) is 4.99 Å². The Morgan fingerprint density at radius 2 is 1.96 bits per heavy atom. The van der Waals surface area contributed by atoms with E-state index >= 15 is 0 Å². The number of likely N-dealkylation sites (N-methyl/N-ethyl adjacent to an activating group) is 1. The lowest BCUT2D eigenvalue weighted by molar-refractivity contribution is 0.259. The number of aliphatic imine (C=N–C) groups is 1. The quantitative estimate of drug-likeness (QED) is 0.573. The lowest BCUT2D eigenvalue weighted by Crippen LogP contribution is -2.57. The van der Waals surface area contributed by atoms with Gasteiger partial charge in [0.1, 0.15) is 0 Å². The number of sulfone groups is 1. The fourth-order valence-electron chi connectivity index (χ4n) is 2.93. The molecular formula is C17H36N4O2S. The highest BCUT2D eigenvalue weighted by Crippen LogP contribution is 2.23. The topological polar surface area (TPSA) is 65.0 Å². The van der Waals surface area contributed by atoms with Crippen LogP contribution in [0.15, 0.2) is 4.99 Å². The molecule has 1 atom stereocenters. The zero-order valence-corrected chi connectivity index (χ0v) is 17.3. The standard InChI is InChI=1S/C17H36N4O2S/c1-8-18-16(19-12-15(20(6)7)11-14(2)3)21-9-10-24(22,23)17(4,5)13-21/h14-15H,8-13H2,1-7H3,(H,18,19). The van der Waals surface area contributed by atoms with Crippen molar-refractivity contribution in [2.45, 2.75) is 51.8 Å². The van der Waals surface area contributed by atoms with Gasteiger partial charge in [-0.05, 0) is 47.2 Å². The van der Waals surface area contributed by atoms with Crippen LogP contribution in [0.3, 0.4) is 0 Å². The Bertz CT molecular complexity index is 527. The van der Waals surface area contributed by atoms with Gasteiger partial charge in [-0.15, -0.1) is 0 Å². The average molecular weight is 361 g/mol. The highest BCUT2D eigenvalue weighted by atomic mass is 32.2. The van der Waals surface area contributed by atoms with Crippen LogP contribution in [0.5, 0.6) is 0 Å². The van der Waals surface area contributed by atoms with E-state index in [1.807, 2.05) is 6.92 Å². The minimum atomic E-state index is -3.04. The normalized spacial score (nSPS) is 22.0. The second kappa shape index (κ2) is 8.52. The van der Waals surface area contributed by atoms with E-state index in [1.54, 1.807) is 13.8 Å². The highest BCUT2D eigenvalue weighted by Gasteiger charge is 2.41. The van der Waals surface area contributed by atoms with Gasteiger partial charge in [-0.3, -0.25) is 4.99 Å². The van der Waals surface area contributed by atoms with Crippen LogP contribution >= 0.6 is 0 Å². The van der Waals surface area contributed by atoms with Crippen molar-refractivity contribution in [3.05, 3.63) is 0 Å². The van der Waals surface area contributed by atoms with Crippen molar-refractivity contribution < 1.29 is 8.42 Å². The summed E-state index contributed by atoms with van der Waals surface area (Å²) >= 11 is 0. The van der Waals surface area contributed by atoms with Crippen LogP contribution in [-0.2, 0) is 9.84 Å². The van der Waals surface area contributed by atoms with Crippen LogP contribution in [0.25, 0.3) is 0 Å². The van der Waals surface area contributed by atoms with Gasteiger partial charge in [0, 0.05) is 25.7 Å². The Kier molecular flexibility index (Phi) is 7.53. The summed E-state index contributed by atoms with van der Waals surface area (Å²) in [4.78, 5) is 9.13. The second-order valence-corrected chi connectivity index (χ2v) is 10.7. The lowest BCUT2D eigenvalue weighted by Gasteiger charge is -2.39. The molecule has 1 aliphatic heterocycles. The molecule has 1 unspecified atom stereocenters. The molecule has 7 heteroatoms. The largest absolute Gasteiger partial charge is 0.357 e. The SMILES string of the molecule is CCNC(=NCC(CC(C)C)N(C)C)N1CCS(=O)(=O)C(C)(C)C1. The number of guanidine groups is 1. The number of rotatable bonds is 6. The molecule has 1 aliphatic rings. The first-order valence-corrected chi connectivity index (χ1v) is 10.6. The van der Waals surface area contributed by atoms with Gasteiger partial charge in [-0.1, -0.05) is 13.8 Å². The van der Waals surface area contributed by atoms with Gasteiger partial charge in [0.25, 0.3) is 0 Å². The number of nitrogens with one attached hydrogen (secondary N) is 1. The van der Waals surface area contributed by atoms with E-state index in [9.17, 15) is 8.42 Å². The molecule has 0 aromatic rings. The van der Waals surface area contributed by atoms with Crippen LogP contribution in [0.1, 0.15) is 41.0 Å². The zero-order chi connectivity index (χ0) is 18.5. The van der Waals surface area contributed by atoms with Gasteiger partial charge in [-0.25, -0.2) is 8.42 Å². The first kappa shape index (κ1) is 21.2. The van der Waals surface area contributed by atoms with Gasteiger partial charge in [-0.2, -0.15) is 0 Å². The van der Waals surface area contributed by atoms with Crippen molar-refractivity contribution in [1.82, 2.24) is 15.1 Å². The van der Waals surface area contributed by atoms with Crippen molar-refractivity contribution in [2.24, 2.45) is 10.9 Å². The summed E-state index contributed by atoms with van der Waals surface area (Å²) in [6.45, 7) is 12.6. The van der Waals surface area contributed by atoms with Crippen LogP contribution in [0.4, 0.5) is 0 Å². The fraction of sp³-hybridized carbons (Fsp3) is 0.941. The molecule has 0 radical (unpaired) electrons. The molecule has 1 fully saturated rings. The summed E-state index contributed by atoms with van der Waals surface area (Å²) in [5, 5.41) is 3.33. The Hall–Kier alpha value is -0.820. The molecule has 0 aromatic heterocycles. The molecule has 1 saturated heterocycles. The fourth-order valence-corrected chi connectivity index (χ4v) is 4.30. The molecule has 142 valence electrons. The van der Waals surface area contributed by atoms with Crippen LogP contribution in [-0.4, -0.2) is 81.0 Å². The molecule has 1 N–H and O–H groups in total. The molecule has 0 aliphatic carbocycles. The summed E-state index contributed by atoms with van der Waals surface area (Å²) in [5.74, 6) is 1.64. The summed E-state index contributed by atoms with van der Waals surface area (Å²) in [6, 6.07) is 0.389. The van der Waals surface area contributed by atoms with E-state index in [1.165, 1.54) is 0 Å². The van der Waals surface area contributed by atoms with Crippen molar-refractivity contribution >= 4 is 15.8 Å². The van der Waals surface area contributed by atoms with Crippen molar-refractivity contribution in [3.8, 4) is 0 Å². The Morgan fingerprint density at radius 1 is 1.33 bits per heavy atom. The summed E-state index contributed by atoms with van der Waals surface area (Å²) < 4.78 is 23.7. The second-order valence-electron chi connectivity index (χ2n) is 7.94. The molecule has 1 rings (SSSR count). The third kappa shape index (κ3) is 5.62. The monoisotopic (exact) mass is 360 g/mol. The molecule has 0 saturated carbocycles. The predicted octanol–water partition coefficient (Wildman–Crippen LogP) is 1.44. The van der Waals surface area contributed by atoms with Crippen LogP contribution < -0.4 is 5.32 Å². The summed E-state index contributed by atoms with van der Waals surface area (Å²) in [5.41, 5.74) is 0. The van der Waals surface area contributed by atoms with Gasteiger partial charge in [0.2, 0.25) is 0 Å². The predicted molar refractivity (Wildman–Crippen MR) is 102 cm³/mol. The summed E-state index contributed by atoms with van der Waals surface area (Å²) in [6.07, 6.45) is 1.09. The maximum Gasteiger partial charge on any atom is 0.194 e. The van der Waals surface area contributed by atoms with Crippen molar-refractivity contribution in [2.75, 3.05) is 46.0 Å². The Morgan fingerprint density at radius 3 is 2.42 bits per heavy atom. The van der Waals surface area contributed by atoms with E-state index in [2.05, 4.69) is 43.1 Å². The summed E-state index contributed by atoms with van der Waals surface area (Å²) in [7, 11) is 1.14. The molecule has 0 spiro atoms. The van der Waals surface area contributed by atoms with Gasteiger partial charge < -0.3 is 15.1 Å². The van der Waals surface area contributed by atoms with Gasteiger partial charge in [0.05, 0.1) is 17.0 Å². The molecule has 0 amide bonds. The third-order valence-corrected chi connectivity index (χ3v) is 7.14. The minimum Gasteiger partial charge on any atom is -0.357 e. The molecule has 0 aromatic carbocycles. The molecular weight excluding hydrogens is 324 g/mol. The van der Waals surface area contributed by atoms with E-state index in [0.717, 1.165) is 25.5 Å². The minimum absolute atomic E-state index is 0.188. The number of hydrogen-bond donors (Lipinski definition) is 1. The molecule has 0 bridgehead atoms. The van der Waals surface area contributed by atoms with E-state index in [0.29, 0.717) is 25.0 Å². The van der Waals surface area contributed by atoms with Crippen molar-refractivity contribution in [3.63, 3.8) is 0 Å². The van der Waals surface area contributed by atoms with E-state index < -0.39 is 14.6 Å². The van der Waals surface area contributed by atoms with Crippen LogP contribution in [0, 0.1) is 5.92 Å². The molecule has 1 heterocycles. The number of hydrogen-bond acceptors (Lipinski definition) is 4. The number of nitrogens with zero attached hydrogens (tertiary/aromatic N) is 3. The first-order valence-electron chi connectivity index (χ1n) is 8.92. The smallest absolute Gasteiger partial charge is 0.194 e. The maximum atomic E-state index is 12.2. The maximum absolute atomic E-state index is 12.2. The van der Waals surface area contributed by atoms with Crippen molar-refractivity contribution in [1.29, 1.82) is 0 Å². The zero-order valence-electron chi connectivity index (χ0n) is 16.5. The van der Waals surface area contributed by atoms with Gasteiger partial charge in [0.15, 0.2) is 15.8 Å². The van der Waals surface area contributed by atoms with Crippen LogP contribution in [0.2, 0.25) is 0 Å². The lowest BCUT2D eigenvalue weighted by atomic mass is 10.0. The van der Waals surface area contributed by atoms with E-state index in [-0.39, 0.29) is 5.75 Å². The molecule has 6 nitrogen and oxygen atoms in total. The highest BCUT2D eigenvalue weighted by molar-refractivity contribution is 7.92. The first-order chi connectivity index (χ1) is 11.0. The Balaban J connectivity index is 2.89. The average Bonchev–Trinajstić information content (AvgIpc) is 2.44. The van der Waals surface area contributed by atoms with Gasteiger partial charge >= 0.3 is 0 Å². The molecule has 24 heavy (non-hydrogen) atoms.